The van der Waals surface area contributed by atoms with Crippen molar-refractivity contribution in [3.63, 3.8) is 0 Å². The number of halogens is 1. The van der Waals surface area contributed by atoms with Gasteiger partial charge in [-0.25, -0.2) is 0 Å². The lowest BCUT2D eigenvalue weighted by Gasteiger charge is -2.15. The van der Waals surface area contributed by atoms with Gasteiger partial charge in [-0.05, 0) is 42.7 Å². The van der Waals surface area contributed by atoms with Crippen LogP contribution < -0.4 is 10.1 Å². The predicted octanol–water partition coefficient (Wildman–Crippen LogP) is 5.87. The van der Waals surface area contributed by atoms with Crippen molar-refractivity contribution in [1.82, 2.24) is 5.32 Å². The molecule has 2 aromatic carbocycles. The number of hydrogen-bond donors (Lipinski definition) is 1. The second-order valence-electron chi connectivity index (χ2n) is 6.53. The summed E-state index contributed by atoms with van der Waals surface area (Å²) in [7, 11) is 0. The molecule has 1 unspecified atom stereocenters. The molecule has 140 valence electrons. The van der Waals surface area contributed by atoms with E-state index in [1.165, 1.54) is 19.3 Å². The van der Waals surface area contributed by atoms with Crippen LogP contribution in [-0.2, 0) is 6.61 Å². The minimum absolute atomic E-state index is 0.0300. The molecule has 2 aromatic rings. The number of carbonyl (C=O) groups excluding carboxylic acids is 1. The Balaban J connectivity index is 1.84. The van der Waals surface area contributed by atoms with E-state index in [0.717, 1.165) is 24.3 Å². The van der Waals surface area contributed by atoms with Crippen molar-refractivity contribution >= 4 is 17.5 Å². The zero-order valence-corrected chi connectivity index (χ0v) is 16.4. The van der Waals surface area contributed by atoms with E-state index in [0.29, 0.717) is 23.1 Å². The van der Waals surface area contributed by atoms with Crippen molar-refractivity contribution in [1.29, 1.82) is 0 Å². The highest BCUT2D eigenvalue weighted by Crippen LogP contribution is 2.19. The molecule has 1 amide bonds. The fraction of sp³-hybridized carbons (Fsp3) is 0.409. The Morgan fingerprint density at radius 1 is 1.12 bits per heavy atom. The molecule has 0 aliphatic carbocycles. The summed E-state index contributed by atoms with van der Waals surface area (Å²) in [4.78, 5) is 12.3. The van der Waals surface area contributed by atoms with E-state index in [4.69, 9.17) is 16.3 Å². The van der Waals surface area contributed by atoms with E-state index in [9.17, 15) is 4.79 Å². The molecule has 0 aliphatic heterocycles. The molecular weight excluding hydrogens is 346 g/mol. The topological polar surface area (TPSA) is 38.3 Å². The van der Waals surface area contributed by atoms with Gasteiger partial charge in [0.15, 0.2) is 0 Å². The van der Waals surface area contributed by atoms with Gasteiger partial charge in [-0.15, -0.1) is 0 Å². The molecule has 2 rings (SSSR count). The van der Waals surface area contributed by atoms with Gasteiger partial charge < -0.3 is 10.1 Å². The molecule has 3 nitrogen and oxygen atoms in total. The van der Waals surface area contributed by atoms with Crippen LogP contribution in [0.5, 0.6) is 5.75 Å². The molecule has 1 N–H and O–H groups in total. The van der Waals surface area contributed by atoms with Gasteiger partial charge in [0.05, 0.1) is 0 Å². The number of hydrogen-bond acceptors (Lipinski definition) is 2. The predicted molar refractivity (Wildman–Crippen MR) is 108 cm³/mol. The Hall–Kier alpha value is -2.00. The Morgan fingerprint density at radius 2 is 1.85 bits per heavy atom. The smallest absolute Gasteiger partial charge is 0.251 e. The zero-order chi connectivity index (χ0) is 18.8. The van der Waals surface area contributed by atoms with Crippen LogP contribution in [0.4, 0.5) is 0 Å². The number of benzene rings is 2. The summed E-state index contributed by atoms with van der Waals surface area (Å²) in [5.41, 5.74) is 1.59. The van der Waals surface area contributed by atoms with Gasteiger partial charge in [-0.1, -0.05) is 62.9 Å². The average molecular weight is 374 g/mol. The maximum absolute atomic E-state index is 12.3. The molecule has 0 radical (unpaired) electrons. The average Bonchev–Trinajstić information content (AvgIpc) is 2.67. The maximum atomic E-state index is 12.3. The zero-order valence-electron chi connectivity index (χ0n) is 15.6. The quantitative estimate of drug-likeness (QED) is 0.566. The summed E-state index contributed by atoms with van der Waals surface area (Å²) in [6.45, 7) is 5.51. The first kappa shape index (κ1) is 20.3. The fourth-order valence-corrected chi connectivity index (χ4v) is 2.95. The minimum atomic E-state index is -0.0300. The van der Waals surface area contributed by atoms with Gasteiger partial charge in [0.25, 0.3) is 5.91 Å². The molecule has 0 bridgehead atoms. The van der Waals surface area contributed by atoms with E-state index >= 15 is 0 Å². The molecule has 0 aliphatic rings. The molecule has 0 fully saturated rings. The summed E-state index contributed by atoms with van der Waals surface area (Å²) in [6, 6.07) is 14.8. The Labute approximate surface area is 161 Å². The summed E-state index contributed by atoms with van der Waals surface area (Å²) in [5.74, 6) is 1.24. The van der Waals surface area contributed by atoms with Crippen LogP contribution in [0.1, 0.15) is 55.5 Å². The summed E-state index contributed by atoms with van der Waals surface area (Å²) >= 11 is 6.13. The second-order valence-corrected chi connectivity index (χ2v) is 6.94. The third-order valence-electron chi connectivity index (χ3n) is 4.56. The van der Waals surface area contributed by atoms with E-state index in [2.05, 4.69) is 19.2 Å². The highest BCUT2D eigenvalue weighted by atomic mass is 35.5. The lowest BCUT2D eigenvalue weighted by atomic mass is 9.99. The molecule has 0 spiro atoms. The van der Waals surface area contributed by atoms with Crippen molar-refractivity contribution in [2.75, 3.05) is 6.54 Å². The first-order valence-corrected chi connectivity index (χ1v) is 9.76. The molecular formula is C22H28ClNO2. The van der Waals surface area contributed by atoms with Crippen molar-refractivity contribution < 1.29 is 9.53 Å². The number of rotatable bonds is 10. The highest BCUT2D eigenvalue weighted by Gasteiger charge is 2.10. The molecule has 26 heavy (non-hydrogen) atoms. The van der Waals surface area contributed by atoms with Crippen molar-refractivity contribution in [2.24, 2.45) is 5.92 Å². The lowest BCUT2D eigenvalue weighted by Crippen LogP contribution is -2.29. The van der Waals surface area contributed by atoms with Crippen LogP contribution in [0, 0.1) is 5.92 Å². The van der Waals surface area contributed by atoms with Crippen molar-refractivity contribution in [3.8, 4) is 5.75 Å². The Morgan fingerprint density at radius 3 is 2.50 bits per heavy atom. The van der Waals surface area contributed by atoms with Crippen LogP contribution in [-0.4, -0.2) is 12.5 Å². The van der Waals surface area contributed by atoms with Crippen LogP contribution in [0.2, 0.25) is 5.02 Å². The van der Waals surface area contributed by atoms with Crippen LogP contribution in [0.25, 0.3) is 0 Å². The first-order chi connectivity index (χ1) is 12.6. The molecule has 0 heterocycles. The van der Waals surface area contributed by atoms with Gasteiger partial charge in [0.1, 0.15) is 12.4 Å². The number of ether oxygens (including phenoxy) is 1. The summed E-state index contributed by atoms with van der Waals surface area (Å²) < 4.78 is 5.75. The largest absolute Gasteiger partial charge is 0.489 e. The van der Waals surface area contributed by atoms with Crippen LogP contribution >= 0.6 is 11.6 Å². The van der Waals surface area contributed by atoms with E-state index in [1.54, 1.807) is 12.1 Å². The van der Waals surface area contributed by atoms with Gasteiger partial charge in [-0.3, -0.25) is 4.79 Å². The molecule has 4 heteroatoms. The molecule has 0 aromatic heterocycles. The number of amides is 1. The molecule has 1 atom stereocenters. The SMILES string of the molecule is CCCCC(CC)CNC(=O)c1ccc(OCc2ccccc2Cl)cc1. The monoisotopic (exact) mass is 373 g/mol. The van der Waals surface area contributed by atoms with E-state index < -0.39 is 0 Å². The van der Waals surface area contributed by atoms with Gasteiger partial charge >= 0.3 is 0 Å². The summed E-state index contributed by atoms with van der Waals surface area (Å²) in [5, 5.41) is 3.74. The van der Waals surface area contributed by atoms with E-state index in [-0.39, 0.29) is 5.91 Å². The van der Waals surface area contributed by atoms with Gasteiger partial charge in [0, 0.05) is 22.7 Å². The second kappa shape index (κ2) is 10.9. The van der Waals surface area contributed by atoms with Crippen LogP contribution in [0.15, 0.2) is 48.5 Å². The number of unbranched alkanes of at least 4 members (excludes halogenated alkanes) is 1. The number of nitrogens with one attached hydrogen (secondary N) is 1. The normalized spacial score (nSPS) is 11.8. The fourth-order valence-electron chi connectivity index (χ4n) is 2.76. The number of carbonyl (C=O) groups is 1. The van der Waals surface area contributed by atoms with Crippen molar-refractivity contribution in [2.45, 2.75) is 46.1 Å². The maximum Gasteiger partial charge on any atom is 0.251 e. The summed E-state index contributed by atoms with van der Waals surface area (Å²) in [6.07, 6.45) is 4.67. The standard InChI is InChI=1S/C22H28ClNO2/c1-3-5-8-17(4-2)15-24-22(25)18-11-13-20(14-12-18)26-16-19-9-6-7-10-21(19)23/h6-7,9-14,17H,3-5,8,15-16H2,1-2H3,(H,24,25). The Kier molecular flexibility index (Phi) is 8.49. The lowest BCUT2D eigenvalue weighted by molar-refractivity contribution is 0.0946. The Bertz CT molecular complexity index is 685. The van der Waals surface area contributed by atoms with Crippen LogP contribution in [0.3, 0.4) is 0 Å². The molecule has 0 saturated heterocycles. The highest BCUT2D eigenvalue weighted by molar-refractivity contribution is 6.31. The third-order valence-corrected chi connectivity index (χ3v) is 4.93. The van der Waals surface area contributed by atoms with Gasteiger partial charge in [0.2, 0.25) is 0 Å². The third kappa shape index (κ3) is 6.38. The molecule has 0 saturated carbocycles. The first-order valence-electron chi connectivity index (χ1n) is 9.38. The van der Waals surface area contributed by atoms with E-state index in [1.807, 2.05) is 36.4 Å². The minimum Gasteiger partial charge on any atom is -0.489 e. The van der Waals surface area contributed by atoms with Crippen molar-refractivity contribution in [3.05, 3.63) is 64.7 Å². The van der Waals surface area contributed by atoms with Gasteiger partial charge in [-0.2, -0.15) is 0 Å².